The van der Waals surface area contributed by atoms with Gasteiger partial charge in [0.1, 0.15) is 0 Å². The van der Waals surface area contributed by atoms with E-state index in [2.05, 4.69) is 19.2 Å². The molecule has 0 heterocycles. The third-order valence-electron chi connectivity index (χ3n) is 2.80. The van der Waals surface area contributed by atoms with E-state index in [1.807, 2.05) is 13.8 Å². The molecule has 0 aliphatic carbocycles. The van der Waals surface area contributed by atoms with Crippen LogP contribution in [0, 0.1) is 5.92 Å². The van der Waals surface area contributed by atoms with E-state index < -0.39 is 5.97 Å². The first-order valence-electron chi connectivity index (χ1n) is 7.30. The number of carbonyl (C=O) groups excluding carboxylic acids is 1. The highest BCUT2D eigenvalue weighted by atomic mass is 16.5. The Morgan fingerprint density at radius 3 is 2.24 bits per heavy atom. The average Bonchev–Trinajstić information content (AvgIpc) is 2.37. The summed E-state index contributed by atoms with van der Waals surface area (Å²) in [6, 6.07) is 0. The minimum Gasteiger partial charge on any atom is -0.481 e. The molecule has 0 radical (unpaired) electrons. The van der Waals surface area contributed by atoms with E-state index >= 15 is 0 Å². The second kappa shape index (κ2) is 12.6. The first-order valence-corrected chi connectivity index (χ1v) is 7.30. The molecule has 0 atom stereocenters. The van der Waals surface area contributed by atoms with Gasteiger partial charge in [-0.25, -0.2) is 0 Å². The van der Waals surface area contributed by atoms with Crippen LogP contribution in [0.5, 0.6) is 0 Å². The summed E-state index contributed by atoms with van der Waals surface area (Å²) in [4.78, 5) is 21.6. The number of carboxylic acids is 1. The highest BCUT2D eigenvalue weighted by molar-refractivity contribution is 5.80. The average molecular weight is 305 g/mol. The molecule has 6 nitrogen and oxygen atoms in total. The van der Waals surface area contributed by atoms with Crippen molar-refractivity contribution in [2.45, 2.75) is 59.0 Å². The van der Waals surface area contributed by atoms with Crippen LogP contribution in [0.2, 0.25) is 0 Å². The lowest BCUT2D eigenvalue weighted by molar-refractivity contribution is -0.138. The quantitative estimate of drug-likeness (QED) is 0.572. The van der Waals surface area contributed by atoms with Gasteiger partial charge in [-0.1, -0.05) is 13.8 Å². The third kappa shape index (κ3) is 16.8. The fourth-order valence-corrected chi connectivity index (χ4v) is 1.45. The number of amides is 1. The molecule has 0 rings (SSSR count). The second-order valence-electron chi connectivity index (χ2n) is 5.78. The highest BCUT2D eigenvalue weighted by Crippen LogP contribution is 2.15. The number of carbonyl (C=O) groups is 2. The molecular formula is C15H31NO5. The van der Waals surface area contributed by atoms with Crippen molar-refractivity contribution < 1.29 is 24.5 Å². The minimum atomic E-state index is -0.951. The Hall–Kier alpha value is -1.14. The van der Waals surface area contributed by atoms with E-state index in [9.17, 15) is 9.59 Å². The number of hydrogen-bond donors (Lipinski definition) is 3. The van der Waals surface area contributed by atoms with Crippen LogP contribution in [0.4, 0.5) is 0 Å². The maximum absolute atomic E-state index is 11.3. The molecule has 0 aromatic heterocycles. The number of ether oxygens (including phenoxy) is 1. The molecule has 3 N–H and O–H groups in total. The largest absolute Gasteiger partial charge is 0.481 e. The van der Waals surface area contributed by atoms with Crippen molar-refractivity contribution in [1.82, 2.24) is 5.32 Å². The fraction of sp³-hybridized carbons (Fsp3) is 0.867. The lowest BCUT2D eigenvalue weighted by Crippen LogP contribution is -2.33. The number of nitrogens with one attached hydrogen (secondary N) is 1. The Kier molecular flexibility index (Phi) is 13.3. The van der Waals surface area contributed by atoms with Gasteiger partial charge in [0, 0.05) is 26.7 Å². The lowest BCUT2D eigenvalue weighted by Gasteiger charge is -2.26. The summed E-state index contributed by atoms with van der Waals surface area (Å²) in [7, 11) is 1.00. The Morgan fingerprint density at radius 1 is 1.19 bits per heavy atom. The van der Waals surface area contributed by atoms with Crippen LogP contribution in [0.15, 0.2) is 0 Å². The summed E-state index contributed by atoms with van der Waals surface area (Å²) in [5, 5.41) is 18.2. The first-order chi connectivity index (χ1) is 9.73. The molecule has 0 saturated carbocycles. The summed E-state index contributed by atoms with van der Waals surface area (Å²) < 4.78 is 5.77. The number of carboxylic acid groups (broad SMARTS) is 1. The molecule has 1 amide bonds. The fourth-order valence-electron chi connectivity index (χ4n) is 1.45. The monoisotopic (exact) mass is 305 g/mol. The number of aliphatic hydroxyl groups is 1. The van der Waals surface area contributed by atoms with Gasteiger partial charge in [0.15, 0.2) is 0 Å². The highest BCUT2D eigenvalue weighted by Gasteiger charge is 2.18. The van der Waals surface area contributed by atoms with Gasteiger partial charge in [-0.3, -0.25) is 9.59 Å². The summed E-state index contributed by atoms with van der Waals surface area (Å²) in [6.45, 7) is 9.52. The SMILES string of the molecule is CC(C)CCOC(C)(C)CCNC(=O)CCC(=O)O.CO. The minimum absolute atomic E-state index is 0.0317. The summed E-state index contributed by atoms with van der Waals surface area (Å²) in [5.41, 5.74) is -0.269. The van der Waals surface area contributed by atoms with Gasteiger partial charge in [-0.2, -0.15) is 0 Å². The van der Waals surface area contributed by atoms with Crippen LogP contribution in [0.1, 0.15) is 53.4 Å². The van der Waals surface area contributed by atoms with Crippen LogP contribution in [-0.2, 0) is 14.3 Å². The van der Waals surface area contributed by atoms with E-state index in [0.717, 1.165) is 20.1 Å². The number of aliphatic carboxylic acids is 1. The molecule has 126 valence electrons. The van der Waals surface area contributed by atoms with Crippen LogP contribution in [-0.4, -0.2) is 48.0 Å². The van der Waals surface area contributed by atoms with Crippen LogP contribution in [0.3, 0.4) is 0 Å². The molecule has 0 bridgehead atoms. The van der Waals surface area contributed by atoms with Crippen molar-refractivity contribution in [1.29, 1.82) is 0 Å². The predicted octanol–water partition coefficient (Wildman–Crippen LogP) is 1.81. The zero-order chi connectivity index (χ0) is 16.9. The number of hydrogen-bond acceptors (Lipinski definition) is 4. The summed E-state index contributed by atoms with van der Waals surface area (Å²) in [5.74, 6) is -0.556. The van der Waals surface area contributed by atoms with Gasteiger partial charge >= 0.3 is 5.97 Å². The summed E-state index contributed by atoms with van der Waals surface area (Å²) in [6.07, 6.45) is 1.64. The molecule has 0 aromatic rings. The molecule has 0 unspecified atom stereocenters. The smallest absolute Gasteiger partial charge is 0.303 e. The Bertz CT molecular complexity index is 290. The first kappa shape index (κ1) is 22.1. The molecular weight excluding hydrogens is 274 g/mol. The molecule has 0 fully saturated rings. The van der Waals surface area contributed by atoms with E-state index in [1.165, 1.54) is 0 Å². The van der Waals surface area contributed by atoms with Crippen molar-refractivity contribution in [3.05, 3.63) is 0 Å². The molecule has 0 spiro atoms. The van der Waals surface area contributed by atoms with Gasteiger partial charge in [0.25, 0.3) is 0 Å². The van der Waals surface area contributed by atoms with E-state index in [0.29, 0.717) is 18.9 Å². The zero-order valence-electron chi connectivity index (χ0n) is 13.9. The van der Waals surface area contributed by atoms with Crippen LogP contribution >= 0.6 is 0 Å². The van der Waals surface area contributed by atoms with Gasteiger partial charge in [0.2, 0.25) is 5.91 Å². The third-order valence-corrected chi connectivity index (χ3v) is 2.80. The normalized spacial score (nSPS) is 10.8. The Morgan fingerprint density at radius 2 is 1.76 bits per heavy atom. The van der Waals surface area contributed by atoms with Gasteiger partial charge in [-0.05, 0) is 32.6 Å². The van der Waals surface area contributed by atoms with E-state index in [1.54, 1.807) is 0 Å². The van der Waals surface area contributed by atoms with E-state index in [-0.39, 0.29) is 24.3 Å². The second-order valence-corrected chi connectivity index (χ2v) is 5.78. The molecule has 0 saturated heterocycles. The lowest BCUT2D eigenvalue weighted by atomic mass is 10.0. The molecule has 0 aliphatic heterocycles. The Balaban J connectivity index is 0. The predicted molar refractivity (Wildman–Crippen MR) is 82.1 cm³/mol. The molecule has 0 aliphatic rings. The van der Waals surface area contributed by atoms with Crippen LogP contribution < -0.4 is 5.32 Å². The molecule has 6 heteroatoms. The maximum atomic E-state index is 11.3. The molecule has 21 heavy (non-hydrogen) atoms. The topological polar surface area (TPSA) is 95.9 Å². The van der Waals surface area contributed by atoms with Crippen molar-refractivity contribution >= 4 is 11.9 Å². The van der Waals surface area contributed by atoms with E-state index in [4.69, 9.17) is 14.9 Å². The molecule has 0 aromatic carbocycles. The van der Waals surface area contributed by atoms with Gasteiger partial charge < -0.3 is 20.3 Å². The van der Waals surface area contributed by atoms with Crippen molar-refractivity contribution in [3.8, 4) is 0 Å². The maximum Gasteiger partial charge on any atom is 0.303 e. The van der Waals surface area contributed by atoms with Crippen molar-refractivity contribution in [2.75, 3.05) is 20.3 Å². The van der Waals surface area contributed by atoms with Crippen molar-refractivity contribution in [3.63, 3.8) is 0 Å². The van der Waals surface area contributed by atoms with Crippen molar-refractivity contribution in [2.24, 2.45) is 5.92 Å². The summed E-state index contributed by atoms with van der Waals surface area (Å²) >= 11 is 0. The number of aliphatic hydroxyl groups excluding tert-OH is 1. The Labute approximate surface area is 127 Å². The standard InChI is InChI=1S/C14H27NO4.CH4O/c1-11(2)7-10-19-14(3,4)8-9-15-12(16)5-6-13(17)18;1-2/h11H,5-10H2,1-4H3,(H,15,16)(H,17,18);2H,1H3. The van der Waals surface area contributed by atoms with Gasteiger partial charge in [-0.15, -0.1) is 0 Å². The van der Waals surface area contributed by atoms with Gasteiger partial charge in [0.05, 0.1) is 12.0 Å². The van der Waals surface area contributed by atoms with Crippen LogP contribution in [0.25, 0.3) is 0 Å². The zero-order valence-corrected chi connectivity index (χ0v) is 13.9. The number of rotatable bonds is 10.